The molecule has 9 heteroatoms. The van der Waals surface area contributed by atoms with Gasteiger partial charge < -0.3 is 5.73 Å². The van der Waals surface area contributed by atoms with Crippen LogP contribution in [0.25, 0.3) is 0 Å². The number of sulfonamides is 1. The molecule has 0 aromatic heterocycles. The summed E-state index contributed by atoms with van der Waals surface area (Å²) in [5.74, 6) is 0. The minimum absolute atomic E-state index is 0.0709. The monoisotopic (exact) mass is 319 g/mol. The molecule has 0 unspecified atom stereocenters. The van der Waals surface area contributed by atoms with Gasteiger partial charge in [0.05, 0.1) is 9.82 Å². The zero-order chi connectivity index (χ0) is 15.6. The van der Waals surface area contributed by atoms with Gasteiger partial charge in [-0.3, -0.25) is 10.1 Å². The topological polar surface area (TPSA) is 115 Å². The van der Waals surface area contributed by atoms with Crippen LogP contribution >= 0.6 is 11.8 Å². The number of nitrogen functional groups attached to an aromatic ring is 1. The lowest BCUT2D eigenvalue weighted by Gasteiger charge is -2.22. The molecule has 0 aliphatic heterocycles. The van der Waals surface area contributed by atoms with Crippen molar-refractivity contribution < 1.29 is 13.3 Å². The first-order valence-corrected chi connectivity index (χ1v) is 8.38. The summed E-state index contributed by atoms with van der Waals surface area (Å²) in [7, 11) is -3.80. The molecule has 0 saturated carbocycles. The number of nitro benzene ring substituents is 1. The van der Waals surface area contributed by atoms with Gasteiger partial charge in [0.15, 0.2) is 0 Å². The summed E-state index contributed by atoms with van der Waals surface area (Å²) < 4.78 is 26.4. The first-order valence-electron chi connectivity index (χ1n) is 5.68. The molecule has 1 aromatic carbocycles. The molecule has 112 valence electrons. The molecule has 0 aliphatic carbocycles. The predicted molar refractivity (Wildman–Crippen MR) is 80.3 cm³/mol. The van der Waals surface area contributed by atoms with E-state index in [0.717, 1.165) is 6.07 Å². The molecule has 0 radical (unpaired) electrons. The number of nitro groups is 1. The highest BCUT2D eigenvalue weighted by molar-refractivity contribution is 8.00. The zero-order valence-electron chi connectivity index (χ0n) is 11.4. The van der Waals surface area contributed by atoms with Crippen molar-refractivity contribution in [2.75, 3.05) is 18.5 Å². The van der Waals surface area contributed by atoms with Gasteiger partial charge in [0.2, 0.25) is 10.0 Å². The van der Waals surface area contributed by atoms with E-state index in [1.165, 1.54) is 23.9 Å². The number of rotatable bonds is 6. The van der Waals surface area contributed by atoms with Crippen LogP contribution in [-0.4, -0.2) is 30.9 Å². The molecule has 1 rings (SSSR count). The van der Waals surface area contributed by atoms with Crippen molar-refractivity contribution in [3.05, 3.63) is 28.3 Å². The van der Waals surface area contributed by atoms with Crippen LogP contribution in [0.4, 0.5) is 11.4 Å². The Bertz CT molecular complexity index is 614. The molecule has 1 aromatic rings. The number of benzene rings is 1. The number of anilines is 1. The van der Waals surface area contributed by atoms with E-state index in [1.54, 1.807) is 0 Å². The molecular formula is C11H17N3O4S2. The summed E-state index contributed by atoms with van der Waals surface area (Å²) in [6, 6.07) is 3.42. The SMILES string of the molecule is CSC(C)(C)CNS(=O)(=O)c1ccc(N)c([N+](=O)[O-])c1. The van der Waals surface area contributed by atoms with Crippen LogP contribution in [0.3, 0.4) is 0 Å². The molecule has 0 atom stereocenters. The molecule has 0 aliphatic rings. The fraction of sp³-hybridized carbons (Fsp3) is 0.455. The minimum atomic E-state index is -3.80. The third-order valence-corrected chi connectivity index (χ3v) is 5.40. The van der Waals surface area contributed by atoms with E-state index in [1.807, 2.05) is 20.1 Å². The van der Waals surface area contributed by atoms with Crippen LogP contribution in [0.1, 0.15) is 13.8 Å². The number of hydrogen-bond acceptors (Lipinski definition) is 6. The summed E-state index contributed by atoms with van der Waals surface area (Å²) in [5, 5.41) is 10.8. The number of nitrogens with two attached hydrogens (primary N) is 1. The van der Waals surface area contributed by atoms with Crippen LogP contribution in [0.5, 0.6) is 0 Å². The highest BCUT2D eigenvalue weighted by atomic mass is 32.2. The normalized spacial score (nSPS) is 12.3. The third kappa shape index (κ3) is 4.09. The lowest BCUT2D eigenvalue weighted by Crippen LogP contribution is -2.36. The van der Waals surface area contributed by atoms with Gasteiger partial charge in [0, 0.05) is 17.4 Å². The highest BCUT2D eigenvalue weighted by Crippen LogP contribution is 2.25. The first-order chi connectivity index (χ1) is 9.09. The Balaban J connectivity index is 3.05. The van der Waals surface area contributed by atoms with Crippen LogP contribution in [0, 0.1) is 10.1 Å². The number of thioether (sulfide) groups is 1. The molecule has 0 saturated heterocycles. The van der Waals surface area contributed by atoms with Crippen LogP contribution in [0.2, 0.25) is 0 Å². The average Bonchev–Trinajstić information content (AvgIpc) is 2.36. The van der Waals surface area contributed by atoms with Gasteiger partial charge in [0.25, 0.3) is 5.69 Å². The minimum Gasteiger partial charge on any atom is -0.393 e. The van der Waals surface area contributed by atoms with Crippen LogP contribution in [0.15, 0.2) is 23.1 Å². The largest absolute Gasteiger partial charge is 0.393 e. The molecule has 0 fully saturated rings. The Labute approximate surface area is 122 Å². The Morgan fingerprint density at radius 2 is 2.05 bits per heavy atom. The highest BCUT2D eigenvalue weighted by Gasteiger charge is 2.23. The predicted octanol–water partition coefficient (Wildman–Crippen LogP) is 1.60. The molecule has 0 bridgehead atoms. The van der Waals surface area contributed by atoms with E-state index in [4.69, 9.17) is 5.73 Å². The molecule has 0 amide bonds. The zero-order valence-corrected chi connectivity index (χ0v) is 13.0. The molecular weight excluding hydrogens is 302 g/mol. The fourth-order valence-electron chi connectivity index (χ4n) is 1.27. The van der Waals surface area contributed by atoms with Gasteiger partial charge in [-0.2, -0.15) is 11.8 Å². The fourth-order valence-corrected chi connectivity index (χ4v) is 2.81. The van der Waals surface area contributed by atoms with Gasteiger partial charge in [-0.05, 0) is 32.2 Å². The summed E-state index contributed by atoms with van der Waals surface area (Å²) in [6.07, 6.45) is 1.88. The van der Waals surface area contributed by atoms with Crippen molar-refractivity contribution in [1.82, 2.24) is 4.72 Å². The second kappa shape index (κ2) is 5.98. The van der Waals surface area contributed by atoms with E-state index >= 15 is 0 Å². The van der Waals surface area contributed by atoms with Gasteiger partial charge in [0.1, 0.15) is 5.69 Å². The van der Waals surface area contributed by atoms with Crippen molar-refractivity contribution >= 4 is 33.2 Å². The second-order valence-electron chi connectivity index (χ2n) is 4.77. The maximum Gasteiger partial charge on any atom is 0.293 e. The summed E-state index contributed by atoms with van der Waals surface area (Å²) in [5.41, 5.74) is 4.95. The quantitative estimate of drug-likeness (QED) is 0.467. The maximum absolute atomic E-state index is 12.1. The van der Waals surface area contributed by atoms with E-state index in [2.05, 4.69) is 4.72 Å². The van der Waals surface area contributed by atoms with Crippen LogP contribution in [-0.2, 0) is 10.0 Å². The Morgan fingerprint density at radius 3 is 2.55 bits per heavy atom. The molecule has 3 N–H and O–H groups in total. The van der Waals surface area contributed by atoms with Gasteiger partial charge >= 0.3 is 0 Å². The Kier molecular flexibility index (Phi) is 5.00. The summed E-state index contributed by atoms with van der Waals surface area (Å²) in [4.78, 5) is 9.89. The lowest BCUT2D eigenvalue weighted by molar-refractivity contribution is -0.384. The van der Waals surface area contributed by atoms with E-state index in [9.17, 15) is 18.5 Å². The number of nitrogens with zero attached hydrogens (tertiary/aromatic N) is 1. The lowest BCUT2D eigenvalue weighted by atomic mass is 10.2. The van der Waals surface area contributed by atoms with Crippen LogP contribution < -0.4 is 10.5 Å². The Morgan fingerprint density at radius 1 is 1.45 bits per heavy atom. The third-order valence-electron chi connectivity index (χ3n) is 2.75. The molecule has 20 heavy (non-hydrogen) atoms. The molecule has 0 heterocycles. The molecule has 7 nitrogen and oxygen atoms in total. The second-order valence-corrected chi connectivity index (χ2v) is 8.05. The van der Waals surface area contributed by atoms with Crippen molar-refractivity contribution in [2.45, 2.75) is 23.5 Å². The summed E-state index contributed by atoms with van der Waals surface area (Å²) >= 11 is 1.52. The molecule has 0 spiro atoms. The standard InChI is InChI=1S/C11H17N3O4S2/c1-11(2,19-3)7-13-20(17,18)8-4-5-9(12)10(6-8)14(15)16/h4-6,13H,7,12H2,1-3H3. The van der Waals surface area contributed by atoms with Gasteiger partial charge in [-0.15, -0.1) is 0 Å². The number of hydrogen-bond donors (Lipinski definition) is 2. The van der Waals surface area contributed by atoms with E-state index < -0.39 is 20.6 Å². The number of nitrogens with one attached hydrogen (secondary N) is 1. The van der Waals surface area contributed by atoms with Crippen molar-refractivity contribution in [3.63, 3.8) is 0 Å². The first kappa shape index (κ1) is 16.7. The van der Waals surface area contributed by atoms with Gasteiger partial charge in [-0.25, -0.2) is 13.1 Å². The Hall–Kier alpha value is -1.32. The van der Waals surface area contributed by atoms with Crippen molar-refractivity contribution in [1.29, 1.82) is 0 Å². The van der Waals surface area contributed by atoms with E-state index in [0.29, 0.717) is 0 Å². The maximum atomic E-state index is 12.1. The van der Waals surface area contributed by atoms with E-state index in [-0.39, 0.29) is 21.9 Å². The van der Waals surface area contributed by atoms with Crippen molar-refractivity contribution in [2.24, 2.45) is 0 Å². The average molecular weight is 319 g/mol. The van der Waals surface area contributed by atoms with Gasteiger partial charge in [-0.1, -0.05) is 0 Å². The van der Waals surface area contributed by atoms with Crippen molar-refractivity contribution in [3.8, 4) is 0 Å². The smallest absolute Gasteiger partial charge is 0.293 e. The summed E-state index contributed by atoms with van der Waals surface area (Å²) in [6.45, 7) is 4.01.